The number of hydrogen-bond acceptors (Lipinski definition) is 5. The Kier molecular flexibility index (Phi) is 5.12. The van der Waals surface area contributed by atoms with Crippen molar-refractivity contribution in [1.29, 1.82) is 0 Å². The van der Waals surface area contributed by atoms with Crippen LogP contribution < -0.4 is 5.56 Å². The number of aromatic hydroxyl groups is 1. The maximum absolute atomic E-state index is 12.7. The van der Waals surface area contributed by atoms with Gasteiger partial charge in [-0.15, -0.1) is 0 Å². The van der Waals surface area contributed by atoms with Crippen molar-refractivity contribution in [2.45, 2.75) is 13.5 Å². The third-order valence-electron chi connectivity index (χ3n) is 3.83. The maximum Gasteiger partial charge on any atom is 0.347 e. The lowest BCUT2D eigenvalue weighted by atomic mass is 10.1. The van der Waals surface area contributed by atoms with E-state index in [-0.39, 0.29) is 18.8 Å². The van der Waals surface area contributed by atoms with Gasteiger partial charge in [-0.1, -0.05) is 60.7 Å². The molecule has 6 heteroatoms. The highest BCUT2D eigenvalue weighted by Crippen LogP contribution is 2.28. The van der Waals surface area contributed by atoms with E-state index < -0.39 is 22.8 Å². The summed E-state index contributed by atoms with van der Waals surface area (Å²) in [6, 6.07) is 18.2. The van der Waals surface area contributed by atoms with Crippen molar-refractivity contribution in [1.82, 2.24) is 9.78 Å². The average Bonchev–Trinajstić information content (AvgIpc) is 2.66. The summed E-state index contributed by atoms with van der Waals surface area (Å²) in [5.74, 6) is -1.33. The second-order valence-electron chi connectivity index (χ2n) is 5.61. The number of aromatic nitrogens is 2. The Morgan fingerprint density at radius 3 is 2.31 bits per heavy atom. The Hall–Kier alpha value is -3.41. The molecular weight excluding hydrogens is 332 g/mol. The predicted molar refractivity (Wildman–Crippen MR) is 97.1 cm³/mol. The topological polar surface area (TPSA) is 81.4 Å². The molecule has 0 saturated heterocycles. The molecule has 0 fully saturated rings. The fourth-order valence-corrected chi connectivity index (χ4v) is 2.60. The normalized spacial score (nSPS) is 10.5. The Morgan fingerprint density at radius 2 is 1.69 bits per heavy atom. The molecule has 1 aromatic heterocycles. The summed E-state index contributed by atoms with van der Waals surface area (Å²) in [5, 5.41) is 14.8. The van der Waals surface area contributed by atoms with Gasteiger partial charge in [0.1, 0.15) is 5.69 Å². The van der Waals surface area contributed by atoms with E-state index in [9.17, 15) is 14.7 Å². The lowest BCUT2D eigenvalue weighted by molar-refractivity contribution is 0.0519. The Balaban J connectivity index is 2.19. The van der Waals surface area contributed by atoms with Crippen LogP contribution in [0.4, 0.5) is 0 Å². The predicted octanol–water partition coefficient (Wildman–Crippen LogP) is 2.84. The summed E-state index contributed by atoms with van der Waals surface area (Å²) in [7, 11) is 0. The molecular formula is C20H18N2O4. The number of carbonyl (C=O) groups excluding carboxylic acids is 1. The number of esters is 1. The third-order valence-corrected chi connectivity index (χ3v) is 3.83. The van der Waals surface area contributed by atoms with Gasteiger partial charge in [0.2, 0.25) is 0 Å². The molecule has 132 valence electrons. The highest BCUT2D eigenvalue weighted by molar-refractivity contribution is 5.94. The minimum Gasteiger partial charge on any atom is -0.505 e. The molecule has 26 heavy (non-hydrogen) atoms. The van der Waals surface area contributed by atoms with Gasteiger partial charge in [-0.25, -0.2) is 9.48 Å². The lowest BCUT2D eigenvalue weighted by Gasteiger charge is -2.13. The molecule has 0 bridgehead atoms. The van der Waals surface area contributed by atoms with Crippen molar-refractivity contribution in [2.24, 2.45) is 0 Å². The standard InChI is InChI=1S/C20H18N2O4/c1-2-26-20(25)16-18(23)17(15-11-7-4-8-12-15)21-22(19(16)24)13-14-9-5-3-6-10-14/h3-12,23H,2,13H2,1H3. The first-order valence-electron chi connectivity index (χ1n) is 8.22. The van der Waals surface area contributed by atoms with E-state index in [0.717, 1.165) is 5.56 Å². The zero-order valence-electron chi connectivity index (χ0n) is 14.3. The van der Waals surface area contributed by atoms with Crippen molar-refractivity contribution in [2.75, 3.05) is 6.61 Å². The minimum atomic E-state index is -0.864. The Labute approximate surface area is 150 Å². The fourth-order valence-electron chi connectivity index (χ4n) is 2.60. The molecule has 0 saturated carbocycles. The van der Waals surface area contributed by atoms with Crippen molar-refractivity contribution in [3.8, 4) is 17.0 Å². The largest absolute Gasteiger partial charge is 0.505 e. The third kappa shape index (κ3) is 3.49. The first kappa shape index (κ1) is 17.4. The van der Waals surface area contributed by atoms with E-state index in [1.165, 1.54) is 4.68 Å². The molecule has 3 aromatic rings. The van der Waals surface area contributed by atoms with E-state index in [1.54, 1.807) is 31.2 Å². The van der Waals surface area contributed by atoms with E-state index in [4.69, 9.17) is 4.74 Å². The van der Waals surface area contributed by atoms with E-state index in [0.29, 0.717) is 5.56 Å². The molecule has 0 unspecified atom stereocenters. The summed E-state index contributed by atoms with van der Waals surface area (Å²) >= 11 is 0. The van der Waals surface area contributed by atoms with Gasteiger partial charge in [0.25, 0.3) is 5.56 Å². The molecule has 6 nitrogen and oxygen atoms in total. The highest BCUT2D eigenvalue weighted by Gasteiger charge is 2.24. The summed E-state index contributed by atoms with van der Waals surface area (Å²) < 4.78 is 6.12. The van der Waals surface area contributed by atoms with Crippen LogP contribution in [0.5, 0.6) is 5.75 Å². The number of benzene rings is 2. The fraction of sp³-hybridized carbons (Fsp3) is 0.150. The molecule has 2 aromatic carbocycles. The van der Waals surface area contributed by atoms with Crippen LogP contribution in [-0.2, 0) is 11.3 Å². The van der Waals surface area contributed by atoms with Gasteiger partial charge in [-0.2, -0.15) is 5.10 Å². The van der Waals surface area contributed by atoms with Crippen molar-refractivity contribution >= 4 is 5.97 Å². The van der Waals surface area contributed by atoms with Gasteiger partial charge in [0.15, 0.2) is 11.3 Å². The van der Waals surface area contributed by atoms with Crippen LogP contribution in [0.15, 0.2) is 65.5 Å². The Bertz CT molecular complexity index is 966. The molecule has 0 atom stereocenters. The van der Waals surface area contributed by atoms with Crippen molar-refractivity contribution in [3.63, 3.8) is 0 Å². The zero-order valence-corrected chi connectivity index (χ0v) is 14.3. The molecule has 0 spiro atoms. The SMILES string of the molecule is CCOC(=O)c1c(O)c(-c2ccccc2)nn(Cc2ccccc2)c1=O. The Morgan fingerprint density at radius 1 is 1.08 bits per heavy atom. The summed E-state index contributed by atoms with van der Waals surface area (Å²) in [6.07, 6.45) is 0. The van der Waals surface area contributed by atoms with Crippen LogP contribution in [-0.4, -0.2) is 27.5 Å². The van der Waals surface area contributed by atoms with E-state index in [2.05, 4.69) is 5.10 Å². The lowest BCUT2D eigenvalue weighted by Crippen LogP contribution is -2.30. The quantitative estimate of drug-likeness (QED) is 0.716. The molecule has 0 aliphatic carbocycles. The first-order chi connectivity index (χ1) is 12.6. The average molecular weight is 350 g/mol. The van der Waals surface area contributed by atoms with Crippen LogP contribution in [0.25, 0.3) is 11.3 Å². The van der Waals surface area contributed by atoms with Crippen LogP contribution in [0, 0.1) is 0 Å². The molecule has 0 aliphatic heterocycles. The summed E-state index contributed by atoms with van der Waals surface area (Å²) in [6.45, 7) is 1.91. The first-order valence-corrected chi connectivity index (χ1v) is 8.22. The number of ether oxygens (including phenoxy) is 1. The van der Waals surface area contributed by atoms with Crippen LogP contribution in [0.3, 0.4) is 0 Å². The molecule has 0 amide bonds. The molecule has 1 heterocycles. The van der Waals surface area contributed by atoms with E-state index in [1.807, 2.05) is 36.4 Å². The highest BCUT2D eigenvalue weighted by atomic mass is 16.5. The number of hydrogen-bond donors (Lipinski definition) is 1. The minimum absolute atomic E-state index is 0.0966. The molecule has 3 rings (SSSR count). The van der Waals surface area contributed by atoms with Crippen LogP contribution >= 0.6 is 0 Å². The van der Waals surface area contributed by atoms with Gasteiger partial charge in [0, 0.05) is 5.56 Å². The van der Waals surface area contributed by atoms with Gasteiger partial charge in [0.05, 0.1) is 13.2 Å². The monoisotopic (exact) mass is 350 g/mol. The van der Waals surface area contributed by atoms with Crippen LogP contribution in [0.1, 0.15) is 22.8 Å². The maximum atomic E-state index is 12.7. The zero-order chi connectivity index (χ0) is 18.5. The summed E-state index contributed by atoms with van der Waals surface area (Å²) in [5.41, 5.74) is 0.504. The second-order valence-corrected chi connectivity index (χ2v) is 5.61. The second kappa shape index (κ2) is 7.65. The van der Waals surface area contributed by atoms with Gasteiger partial charge >= 0.3 is 5.97 Å². The molecule has 0 aliphatic rings. The number of carbonyl (C=O) groups is 1. The number of rotatable bonds is 5. The molecule has 0 radical (unpaired) electrons. The van der Waals surface area contributed by atoms with Gasteiger partial charge < -0.3 is 9.84 Å². The molecule has 1 N–H and O–H groups in total. The van der Waals surface area contributed by atoms with Gasteiger partial charge in [-0.05, 0) is 12.5 Å². The van der Waals surface area contributed by atoms with Crippen LogP contribution in [0.2, 0.25) is 0 Å². The van der Waals surface area contributed by atoms with Crippen molar-refractivity contribution in [3.05, 3.63) is 82.1 Å². The summed E-state index contributed by atoms with van der Waals surface area (Å²) in [4.78, 5) is 25.0. The van der Waals surface area contributed by atoms with Gasteiger partial charge in [-0.3, -0.25) is 4.79 Å². The van der Waals surface area contributed by atoms with Crippen molar-refractivity contribution < 1.29 is 14.6 Å². The smallest absolute Gasteiger partial charge is 0.347 e. The number of nitrogens with zero attached hydrogens (tertiary/aromatic N) is 2. The van der Waals surface area contributed by atoms with E-state index >= 15 is 0 Å².